The standard InChI is InChI=1S/C56H32N4/c1-29-16-18-32-20-22-34-24-26-44(59-55(34)53(32)57-29)49-43-28-42-37-11-4-3-10-36(37)38-12-7-15-41(47(38)42)48(43)52(51-40-14-6-9-31-8-5-13-39(46(31)40)50(49)51)45-27-25-35-23-21-33-19-17-30(2)58-54(33)56(35)60-45/h3-28H,1-2H3. The molecule has 276 valence electrons. The summed E-state index contributed by atoms with van der Waals surface area (Å²) in [6, 6.07) is 57.7. The van der Waals surface area contributed by atoms with Gasteiger partial charge in [0.05, 0.1) is 33.5 Å². The van der Waals surface area contributed by atoms with Gasteiger partial charge in [-0.25, -0.2) is 9.97 Å². The first kappa shape index (κ1) is 32.2. The van der Waals surface area contributed by atoms with E-state index in [-0.39, 0.29) is 0 Å². The van der Waals surface area contributed by atoms with Gasteiger partial charge in [-0.2, -0.15) is 0 Å². The molecule has 0 aliphatic heterocycles. The lowest BCUT2D eigenvalue weighted by Crippen LogP contribution is -1.96. The van der Waals surface area contributed by atoms with Crippen molar-refractivity contribution in [3.05, 3.63) is 169 Å². The molecule has 0 atom stereocenters. The molecular formula is C56H32N4. The third kappa shape index (κ3) is 4.14. The molecule has 0 amide bonds. The number of fused-ring (bicyclic) bond motifs is 14. The first-order chi connectivity index (χ1) is 29.6. The molecule has 4 heterocycles. The zero-order valence-corrected chi connectivity index (χ0v) is 32.8. The predicted molar refractivity (Wildman–Crippen MR) is 253 cm³/mol. The number of rotatable bonds is 2. The molecule has 0 aliphatic carbocycles. The largest absolute Gasteiger partial charge is 0.251 e. The Morgan fingerprint density at radius 2 is 0.700 bits per heavy atom. The summed E-state index contributed by atoms with van der Waals surface area (Å²) >= 11 is 0. The van der Waals surface area contributed by atoms with Gasteiger partial charge >= 0.3 is 0 Å². The van der Waals surface area contributed by atoms with E-state index in [0.717, 1.165) is 82.9 Å². The topological polar surface area (TPSA) is 51.6 Å². The van der Waals surface area contributed by atoms with Crippen molar-refractivity contribution in [2.24, 2.45) is 0 Å². The normalized spacial score (nSPS) is 12.5. The van der Waals surface area contributed by atoms with Crippen molar-refractivity contribution in [1.82, 2.24) is 19.9 Å². The Labute approximate surface area is 343 Å². The summed E-state index contributed by atoms with van der Waals surface area (Å²) in [5, 5.41) is 21.6. The predicted octanol–water partition coefficient (Wildman–Crippen LogP) is 14.8. The molecule has 0 unspecified atom stereocenters. The fourth-order valence-corrected chi connectivity index (χ4v) is 10.7. The van der Waals surface area contributed by atoms with Gasteiger partial charge in [0.1, 0.15) is 0 Å². The van der Waals surface area contributed by atoms with Gasteiger partial charge in [-0.15, -0.1) is 0 Å². The summed E-state index contributed by atoms with van der Waals surface area (Å²) in [4.78, 5) is 21.5. The van der Waals surface area contributed by atoms with Crippen molar-refractivity contribution >= 4 is 119 Å². The lowest BCUT2D eigenvalue weighted by Gasteiger charge is -2.19. The Morgan fingerprint density at radius 3 is 1.30 bits per heavy atom. The number of aryl methyl sites for hydroxylation is 2. The summed E-state index contributed by atoms with van der Waals surface area (Å²) in [7, 11) is 0. The van der Waals surface area contributed by atoms with Crippen LogP contribution in [0.15, 0.2) is 158 Å². The van der Waals surface area contributed by atoms with E-state index >= 15 is 0 Å². The van der Waals surface area contributed by atoms with Crippen molar-refractivity contribution in [2.75, 3.05) is 0 Å². The van der Waals surface area contributed by atoms with Crippen LogP contribution in [0, 0.1) is 13.8 Å². The second kappa shape index (κ2) is 11.4. The van der Waals surface area contributed by atoms with E-state index < -0.39 is 0 Å². The van der Waals surface area contributed by atoms with E-state index in [1.807, 2.05) is 0 Å². The van der Waals surface area contributed by atoms with Gasteiger partial charge in [-0.1, -0.05) is 127 Å². The number of nitrogens with zero attached hydrogens (tertiary/aromatic N) is 4. The highest BCUT2D eigenvalue weighted by molar-refractivity contribution is 6.44. The molecule has 14 aromatic rings. The molecule has 4 heteroatoms. The molecule has 4 nitrogen and oxygen atoms in total. The second-order valence-electron chi connectivity index (χ2n) is 16.5. The van der Waals surface area contributed by atoms with Gasteiger partial charge in [0, 0.05) is 60.2 Å². The SMILES string of the molecule is Cc1ccc2ccc3ccc(-c4c5cc6c7ccccc7c7cccc(c5c(-c5ccc8ccc9ccc(C)nc9c8n5)c5c8cccc9cccc(c45)c98)c76)nc3c2n1. The molecule has 0 fully saturated rings. The molecular weight excluding hydrogens is 729 g/mol. The lowest BCUT2D eigenvalue weighted by molar-refractivity contribution is 1.25. The van der Waals surface area contributed by atoms with Crippen LogP contribution in [0.1, 0.15) is 11.4 Å². The van der Waals surface area contributed by atoms with Crippen molar-refractivity contribution < 1.29 is 0 Å². The van der Waals surface area contributed by atoms with E-state index in [0.29, 0.717) is 0 Å². The van der Waals surface area contributed by atoms with Crippen molar-refractivity contribution in [3.8, 4) is 22.5 Å². The monoisotopic (exact) mass is 760 g/mol. The molecule has 0 radical (unpaired) electrons. The van der Waals surface area contributed by atoms with Crippen LogP contribution < -0.4 is 0 Å². The average molecular weight is 761 g/mol. The van der Waals surface area contributed by atoms with Gasteiger partial charge in [-0.3, -0.25) is 9.97 Å². The quantitative estimate of drug-likeness (QED) is 0.165. The highest BCUT2D eigenvalue weighted by Crippen LogP contribution is 2.54. The highest BCUT2D eigenvalue weighted by Gasteiger charge is 2.28. The highest BCUT2D eigenvalue weighted by atomic mass is 14.8. The smallest absolute Gasteiger partial charge is 0.0972 e. The molecule has 0 spiro atoms. The summed E-state index contributed by atoms with van der Waals surface area (Å²) in [5.74, 6) is 0. The average Bonchev–Trinajstić information content (AvgIpc) is 3.79. The number of hydrogen-bond donors (Lipinski definition) is 0. The van der Waals surface area contributed by atoms with Crippen LogP contribution >= 0.6 is 0 Å². The van der Waals surface area contributed by atoms with E-state index in [1.165, 1.54) is 70.0 Å². The Kier molecular flexibility index (Phi) is 6.13. The Morgan fingerprint density at radius 1 is 0.267 bits per heavy atom. The van der Waals surface area contributed by atoms with Gasteiger partial charge in [0.25, 0.3) is 0 Å². The minimum atomic E-state index is 0.914. The Hall–Kier alpha value is -7.82. The van der Waals surface area contributed by atoms with E-state index in [2.05, 4.69) is 172 Å². The van der Waals surface area contributed by atoms with E-state index in [4.69, 9.17) is 19.9 Å². The van der Waals surface area contributed by atoms with Crippen molar-refractivity contribution in [1.29, 1.82) is 0 Å². The first-order valence-electron chi connectivity index (χ1n) is 20.6. The second-order valence-corrected chi connectivity index (χ2v) is 16.5. The molecule has 4 aromatic heterocycles. The van der Waals surface area contributed by atoms with E-state index in [9.17, 15) is 0 Å². The minimum Gasteiger partial charge on any atom is -0.251 e. The van der Waals surface area contributed by atoms with Crippen LogP contribution in [0.4, 0.5) is 0 Å². The molecule has 60 heavy (non-hydrogen) atoms. The van der Waals surface area contributed by atoms with Crippen LogP contribution in [0.3, 0.4) is 0 Å². The molecule has 10 aromatic carbocycles. The summed E-state index contributed by atoms with van der Waals surface area (Å²) in [6.45, 7) is 4.11. The van der Waals surface area contributed by atoms with Crippen LogP contribution in [0.5, 0.6) is 0 Å². The lowest BCUT2D eigenvalue weighted by atomic mass is 9.85. The molecule has 0 saturated heterocycles. The number of pyridine rings is 4. The zero-order chi connectivity index (χ0) is 39.4. The van der Waals surface area contributed by atoms with Crippen LogP contribution in [0.25, 0.3) is 142 Å². The summed E-state index contributed by atoms with van der Waals surface area (Å²) in [6.07, 6.45) is 0. The third-order valence-corrected chi connectivity index (χ3v) is 13.2. The number of aromatic nitrogens is 4. The zero-order valence-electron chi connectivity index (χ0n) is 32.8. The van der Waals surface area contributed by atoms with Gasteiger partial charge < -0.3 is 0 Å². The Balaban J connectivity index is 1.27. The molecule has 0 saturated carbocycles. The van der Waals surface area contributed by atoms with Crippen LogP contribution in [-0.4, -0.2) is 19.9 Å². The number of benzene rings is 8. The fraction of sp³-hybridized carbons (Fsp3) is 0.0357. The van der Waals surface area contributed by atoms with Gasteiger partial charge in [-0.05, 0) is 103 Å². The summed E-state index contributed by atoms with van der Waals surface area (Å²) < 4.78 is 0. The van der Waals surface area contributed by atoms with Crippen LogP contribution in [-0.2, 0) is 0 Å². The van der Waals surface area contributed by atoms with Crippen molar-refractivity contribution in [3.63, 3.8) is 0 Å². The molecule has 14 rings (SSSR count). The summed E-state index contributed by atoms with van der Waals surface area (Å²) in [5.41, 5.74) is 9.78. The Bertz CT molecular complexity index is 4200. The minimum absolute atomic E-state index is 0.914. The van der Waals surface area contributed by atoms with Crippen LogP contribution in [0.2, 0.25) is 0 Å². The molecule has 0 N–H and O–H groups in total. The van der Waals surface area contributed by atoms with Gasteiger partial charge in [0.2, 0.25) is 0 Å². The molecule has 0 aliphatic rings. The third-order valence-electron chi connectivity index (χ3n) is 13.2. The maximum absolute atomic E-state index is 5.68. The van der Waals surface area contributed by atoms with E-state index in [1.54, 1.807) is 0 Å². The first-order valence-corrected chi connectivity index (χ1v) is 20.6. The maximum Gasteiger partial charge on any atom is 0.0972 e. The van der Waals surface area contributed by atoms with Gasteiger partial charge in [0.15, 0.2) is 0 Å². The molecule has 0 bridgehead atoms. The fourth-order valence-electron chi connectivity index (χ4n) is 10.7. The number of hydrogen-bond acceptors (Lipinski definition) is 4. The maximum atomic E-state index is 5.68. The van der Waals surface area contributed by atoms with Crippen molar-refractivity contribution in [2.45, 2.75) is 13.8 Å².